The maximum Gasteiger partial charge on any atom is 0.290 e. The second-order valence-corrected chi connectivity index (χ2v) is 11.1. The van der Waals surface area contributed by atoms with Gasteiger partial charge in [0.05, 0.1) is 35.2 Å². The Bertz CT molecular complexity index is 1600. The Hall–Kier alpha value is -4.62. The molecule has 1 atom stereocenters. The van der Waals surface area contributed by atoms with Crippen molar-refractivity contribution in [1.29, 1.82) is 10.8 Å². The standard InChI is InChI=1S/C27H27N7O5S/c1-40(36,37)18-15-21(34-11-13-38-14-12-34)23(30-16-18)24(28)39-27(29)33-25-26(35)31-20-10-6-5-9-19(20)22(32-25)17-7-3-2-4-8-17/h2-10,15-16,25,28H,11-14H2,1H3,(H2,29,33)(H,31,35)/t25-/m1/s1. The fraction of sp³-hybridized carbons (Fsp3) is 0.222. The van der Waals surface area contributed by atoms with Crippen LogP contribution >= 0.6 is 0 Å². The fourth-order valence-electron chi connectivity index (χ4n) is 4.34. The van der Waals surface area contributed by atoms with Gasteiger partial charge in [-0.05, 0) is 12.1 Å². The average Bonchev–Trinajstić information content (AvgIpc) is 3.09. The van der Waals surface area contributed by atoms with Crippen LogP contribution in [0.15, 0.2) is 76.7 Å². The monoisotopic (exact) mass is 561 g/mol. The Morgan fingerprint density at radius 2 is 1.80 bits per heavy atom. The molecular weight excluding hydrogens is 534 g/mol. The number of rotatable bonds is 5. The minimum Gasteiger partial charge on any atom is -0.405 e. The summed E-state index contributed by atoms with van der Waals surface area (Å²) >= 11 is 0. The Kier molecular flexibility index (Phi) is 7.58. The Balaban J connectivity index is 1.40. The van der Waals surface area contributed by atoms with E-state index in [2.05, 4.69) is 20.6 Å². The topological polar surface area (TPSA) is 170 Å². The summed E-state index contributed by atoms with van der Waals surface area (Å²) in [4.78, 5) is 23.7. The number of ether oxygens (including phenoxy) is 2. The SMILES string of the molecule is CS(=O)(=O)c1cnc(C(=N)OC(=N)N[C@H]2N=C(c3ccccc3)c3ccccc3NC2=O)c(N2CCOCC2)c1. The molecular formula is C27H27N7O5S. The molecule has 2 aromatic carbocycles. The first-order valence-electron chi connectivity index (χ1n) is 12.4. The van der Waals surface area contributed by atoms with Crippen LogP contribution in [0.25, 0.3) is 0 Å². The van der Waals surface area contributed by atoms with Crippen LogP contribution in [0.4, 0.5) is 11.4 Å². The zero-order valence-corrected chi connectivity index (χ0v) is 22.4. The van der Waals surface area contributed by atoms with Crippen molar-refractivity contribution < 1.29 is 22.7 Å². The lowest BCUT2D eigenvalue weighted by molar-refractivity contribution is -0.117. The van der Waals surface area contributed by atoms with Crippen LogP contribution in [0.2, 0.25) is 0 Å². The van der Waals surface area contributed by atoms with Crippen molar-refractivity contribution >= 4 is 44.8 Å². The molecule has 12 nitrogen and oxygen atoms in total. The number of morpholine rings is 1. The zero-order valence-electron chi connectivity index (χ0n) is 21.5. The van der Waals surface area contributed by atoms with Gasteiger partial charge in [0.2, 0.25) is 12.1 Å². The number of aromatic nitrogens is 1. The van der Waals surface area contributed by atoms with Crippen LogP contribution in [0.1, 0.15) is 16.8 Å². The van der Waals surface area contributed by atoms with Gasteiger partial charge in [0.1, 0.15) is 5.69 Å². The first-order valence-corrected chi connectivity index (χ1v) is 14.3. The van der Waals surface area contributed by atoms with Crippen LogP contribution < -0.4 is 15.5 Å². The van der Waals surface area contributed by atoms with Crippen molar-refractivity contribution in [2.24, 2.45) is 4.99 Å². The third-order valence-electron chi connectivity index (χ3n) is 6.30. The molecule has 1 amide bonds. The summed E-state index contributed by atoms with van der Waals surface area (Å²) in [6.07, 6.45) is 0.993. The first-order chi connectivity index (χ1) is 19.2. The number of nitrogens with zero attached hydrogens (tertiary/aromatic N) is 3. The molecule has 3 aromatic rings. The highest BCUT2D eigenvalue weighted by Gasteiger charge is 2.28. The molecule has 0 aliphatic carbocycles. The number of benzene rings is 2. The number of amides is 1. The summed E-state index contributed by atoms with van der Waals surface area (Å²) < 4.78 is 35.1. The quantitative estimate of drug-likeness (QED) is 0.271. The number of nitrogens with one attached hydrogen (secondary N) is 4. The summed E-state index contributed by atoms with van der Waals surface area (Å²) in [5.74, 6) is -1.01. The minimum absolute atomic E-state index is 0.00350. The Morgan fingerprint density at radius 1 is 1.10 bits per heavy atom. The minimum atomic E-state index is -3.55. The number of sulfone groups is 1. The van der Waals surface area contributed by atoms with E-state index < -0.39 is 33.8 Å². The van der Waals surface area contributed by atoms with E-state index in [1.54, 1.807) is 12.1 Å². The van der Waals surface area contributed by atoms with Gasteiger partial charge in [-0.1, -0.05) is 48.5 Å². The molecule has 1 aromatic heterocycles. The Morgan fingerprint density at radius 3 is 2.52 bits per heavy atom. The molecule has 1 saturated heterocycles. The van der Waals surface area contributed by atoms with Crippen molar-refractivity contribution in [1.82, 2.24) is 10.3 Å². The summed E-state index contributed by atoms with van der Waals surface area (Å²) in [6, 6.07) is 17.4. The number of fused-ring (bicyclic) bond motifs is 1. The second-order valence-electron chi connectivity index (χ2n) is 9.10. The van der Waals surface area contributed by atoms with Gasteiger partial charge >= 0.3 is 0 Å². The number of carbonyl (C=O) groups is 1. The van der Waals surface area contributed by atoms with Gasteiger partial charge < -0.3 is 25.0 Å². The van der Waals surface area contributed by atoms with Crippen LogP contribution in [0, 0.1) is 10.8 Å². The smallest absolute Gasteiger partial charge is 0.290 e. The summed E-state index contributed by atoms with van der Waals surface area (Å²) in [6.45, 7) is 1.78. The van der Waals surface area contributed by atoms with E-state index in [-0.39, 0.29) is 10.6 Å². The number of anilines is 2. The van der Waals surface area contributed by atoms with Gasteiger partial charge in [-0.3, -0.25) is 15.6 Å². The summed E-state index contributed by atoms with van der Waals surface area (Å²) in [7, 11) is -3.55. The van der Waals surface area contributed by atoms with E-state index in [0.717, 1.165) is 23.6 Å². The molecule has 3 heterocycles. The van der Waals surface area contributed by atoms with Crippen LogP contribution in [-0.4, -0.2) is 75.7 Å². The lowest BCUT2D eigenvalue weighted by Gasteiger charge is -2.30. The van der Waals surface area contributed by atoms with Crippen molar-refractivity contribution in [2.75, 3.05) is 42.8 Å². The molecule has 2 aliphatic rings. The zero-order chi connectivity index (χ0) is 28.3. The van der Waals surface area contributed by atoms with E-state index in [4.69, 9.17) is 20.3 Å². The van der Waals surface area contributed by atoms with E-state index in [1.165, 1.54) is 6.07 Å². The maximum absolute atomic E-state index is 13.1. The first kappa shape index (κ1) is 27.0. The van der Waals surface area contributed by atoms with E-state index in [9.17, 15) is 13.2 Å². The van der Waals surface area contributed by atoms with Crippen LogP contribution in [0.5, 0.6) is 0 Å². The van der Waals surface area contributed by atoms with Crippen LogP contribution in [-0.2, 0) is 24.1 Å². The molecule has 206 valence electrons. The number of para-hydroxylation sites is 1. The predicted molar refractivity (Wildman–Crippen MR) is 150 cm³/mol. The highest BCUT2D eigenvalue weighted by molar-refractivity contribution is 7.90. The van der Waals surface area contributed by atoms with E-state index in [0.29, 0.717) is 43.4 Å². The normalized spacial score (nSPS) is 17.1. The number of benzodiazepines with no additional fused rings is 1. The van der Waals surface area contributed by atoms with Gasteiger partial charge in [-0.25, -0.2) is 18.4 Å². The molecule has 2 aliphatic heterocycles. The largest absolute Gasteiger partial charge is 0.405 e. The highest BCUT2D eigenvalue weighted by Crippen LogP contribution is 2.26. The maximum atomic E-state index is 13.1. The number of amidine groups is 1. The van der Waals surface area contributed by atoms with Gasteiger partial charge in [-0.2, -0.15) is 0 Å². The molecule has 0 radical (unpaired) electrons. The third-order valence-corrected chi connectivity index (χ3v) is 7.38. The van der Waals surface area contributed by atoms with Gasteiger partial charge in [-0.15, -0.1) is 0 Å². The summed E-state index contributed by atoms with van der Waals surface area (Å²) in [5.41, 5.74) is 3.04. The number of carbonyl (C=O) groups excluding carboxylic acids is 1. The lowest BCUT2D eigenvalue weighted by atomic mass is 10.0. The molecule has 0 unspecified atom stereocenters. The van der Waals surface area contributed by atoms with Crippen molar-refractivity contribution in [3.8, 4) is 0 Å². The van der Waals surface area contributed by atoms with E-state index >= 15 is 0 Å². The molecule has 5 rings (SSSR count). The molecule has 4 N–H and O–H groups in total. The highest BCUT2D eigenvalue weighted by atomic mass is 32.2. The third kappa shape index (κ3) is 5.84. The van der Waals surface area contributed by atoms with Crippen molar-refractivity contribution in [3.05, 3.63) is 83.7 Å². The Labute approximate surface area is 231 Å². The van der Waals surface area contributed by atoms with Gasteiger partial charge in [0.15, 0.2) is 9.84 Å². The molecule has 0 bridgehead atoms. The van der Waals surface area contributed by atoms with E-state index in [1.807, 2.05) is 47.4 Å². The number of pyridine rings is 1. The lowest BCUT2D eigenvalue weighted by Crippen LogP contribution is -2.43. The fourth-order valence-corrected chi connectivity index (χ4v) is 4.91. The molecule has 40 heavy (non-hydrogen) atoms. The predicted octanol–water partition coefficient (Wildman–Crippen LogP) is 2.00. The number of hydrogen-bond acceptors (Lipinski definition) is 10. The number of aliphatic imine (C=N–C) groups is 1. The summed E-state index contributed by atoms with van der Waals surface area (Å²) in [5, 5.41) is 22.4. The number of hydrogen-bond donors (Lipinski definition) is 4. The van der Waals surface area contributed by atoms with Crippen LogP contribution in [0.3, 0.4) is 0 Å². The molecule has 0 saturated carbocycles. The van der Waals surface area contributed by atoms with Gasteiger partial charge in [0, 0.05) is 36.7 Å². The van der Waals surface area contributed by atoms with Crippen molar-refractivity contribution in [3.63, 3.8) is 0 Å². The second kappa shape index (κ2) is 11.2. The molecule has 13 heteroatoms. The average molecular weight is 562 g/mol. The van der Waals surface area contributed by atoms with Gasteiger partial charge in [0.25, 0.3) is 11.9 Å². The van der Waals surface area contributed by atoms with Crippen molar-refractivity contribution in [2.45, 2.75) is 11.1 Å². The molecule has 1 fully saturated rings. The molecule has 0 spiro atoms.